The van der Waals surface area contributed by atoms with Crippen molar-refractivity contribution in [2.45, 2.75) is 18.9 Å². The molecule has 86 valence electrons. The Hall–Kier alpha value is -0.680. The van der Waals surface area contributed by atoms with Crippen molar-refractivity contribution >= 4 is 10.2 Å². The van der Waals surface area contributed by atoms with Crippen molar-refractivity contribution in [3.05, 3.63) is 0 Å². The van der Waals surface area contributed by atoms with Gasteiger partial charge in [-0.2, -0.15) is 23.1 Å². The Balaban J connectivity index is 2.37. The Morgan fingerprint density at radius 2 is 2.27 bits per heavy atom. The standard InChI is InChI=1S/C8H15N3O3S/c1-14-5-4-10-15(12,13)11-8(6-9)7-2-3-7/h7-8,10-11H,2-5H2,1H3. The molecule has 15 heavy (non-hydrogen) atoms. The van der Waals surface area contributed by atoms with Gasteiger partial charge in [0.1, 0.15) is 6.04 Å². The summed E-state index contributed by atoms with van der Waals surface area (Å²) >= 11 is 0. The van der Waals surface area contributed by atoms with E-state index in [1.165, 1.54) is 7.11 Å². The molecule has 1 rings (SSSR count). The summed E-state index contributed by atoms with van der Waals surface area (Å²) in [6.07, 6.45) is 1.83. The van der Waals surface area contributed by atoms with Crippen LogP contribution in [-0.4, -0.2) is 34.7 Å². The van der Waals surface area contributed by atoms with Gasteiger partial charge in [0.2, 0.25) is 0 Å². The lowest BCUT2D eigenvalue weighted by molar-refractivity contribution is 0.204. The topological polar surface area (TPSA) is 91.2 Å². The predicted molar refractivity (Wildman–Crippen MR) is 54.1 cm³/mol. The van der Waals surface area contributed by atoms with Crippen LogP contribution < -0.4 is 9.44 Å². The third-order valence-corrected chi connectivity index (χ3v) is 3.26. The highest BCUT2D eigenvalue weighted by Crippen LogP contribution is 2.32. The van der Waals surface area contributed by atoms with Crippen molar-refractivity contribution in [2.24, 2.45) is 5.92 Å². The maximum atomic E-state index is 11.4. The van der Waals surface area contributed by atoms with Gasteiger partial charge in [-0.3, -0.25) is 0 Å². The van der Waals surface area contributed by atoms with E-state index in [0.29, 0.717) is 6.61 Å². The summed E-state index contributed by atoms with van der Waals surface area (Å²) < 4.78 is 32.1. The summed E-state index contributed by atoms with van der Waals surface area (Å²) in [5.41, 5.74) is 0. The highest BCUT2D eigenvalue weighted by molar-refractivity contribution is 7.87. The smallest absolute Gasteiger partial charge is 0.278 e. The summed E-state index contributed by atoms with van der Waals surface area (Å²) in [4.78, 5) is 0. The zero-order chi connectivity index (χ0) is 11.3. The van der Waals surface area contributed by atoms with E-state index in [0.717, 1.165) is 12.8 Å². The lowest BCUT2D eigenvalue weighted by Crippen LogP contribution is -2.44. The van der Waals surface area contributed by atoms with Crippen LogP contribution in [0.2, 0.25) is 0 Å². The summed E-state index contributed by atoms with van der Waals surface area (Å²) in [5, 5.41) is 8.74. The van der Waals surface area contributed by atoms with Crippen LogP contribution in [0.3, 0.4) is 0 Å². The predicted octanol–water partition coefficient (Wildman–Crippen LogP) is -0.641. The molecular formula is C8H15N3O3S. The molecule has 0 amide bonds. The fourth-order valence-electron chi connectivity index (χ4n) is 1.14. The molecule has 1 saturated carbocycles. The molecule has 1 unspecified atom stereocenters. The molecule has 1 atom stereocenters. The molecule has 2 N–H and O–H groups in total. The van der Waals surface area contributed by atoms with Gasteiger partial charge in [-0.1, -0.05) is 0 Å². The first kappa shape index (κ1) is 12.4. The van der Waals surface area contributed by atoms with Crippen LogP contribution in [0.25, 0.3) is 0 Å². The molecule has 0 saturated heterocycles. The highest BCUT2D eigenvalue weighted by Gasteiger charge is 2.33. The number of hydrogen-bond donors (Lipinski definition) is 2. The monoisotopic (exact) mass is 233 g/mol. The van der Waals surface area contributed by atoms with Crippen LogP contribution >= 0.6 is 0 Å². The number of hydrogen-bond acceptors (Lipinski definition) is 4. The summed E-state index contributed by atoms with van der Waals surface area (Å²) in [6.45, 7) is 0.510. The van der Waals surface area contributed by atoms with Crippen LogP contribution in [0.1, 0.15) is 12.8 Å². The van der Waals surface area contributed by atoms with Crippen molar-refractivity contribution in [3.8, 4) is 6.07 Å². The van der Waals surface area contributed by atoms with Crippen LogP contribution in [0.4, 0.5) is 0 Å². The molecule has 0 aromatic heterocycles. The van der Waals surface area contributed by atoms with E-state index in [9.17, 15) is 8.42 Å². The van der Waals surface area contributed by atoms with Gasteiger partial charge in [0, 0.05) is 13.7 Å². The van der Waals surface area contributed by atoms with Crippen LogP contribution in [0.15, 0.2) is 0 Å². The van der Waals surface area contributed by atoms with Gasteiger partial charge < -0.3 is 4.74 Å². The highest BCUT2D eigenvalue weighted by atomic mass is 32.2. The molecule has 0 radical (unpaired) electrons. The summed E-state index contributed by atoms with van der Waals surface area (Å²) in [6, 6.07) is 1.34. The minimum absolute atomic E-state index is 0.175. The largest absolute Gasteiger partial charge is 0.383 e. The van der Waals surface area contributed by atoms with E-state index in [4.69, 9.17) is 10.00 Å². The molecule has 0 aromatic rings. The number of rotatable bonds is 7. The first-order chi connectivity index (χ1) is 7.09. The van der Waals surface area contributed by atoms with E-state index >= 15 is 0 Å². The van der Waals surface area contributed by atoms with Crippen LogP contribution in [0, 0.1) is 17.2 Å². The molecular weight excluding hydrogens is 218 g/mol. The zero-order valence-corrected chi connectivity index (χ0v) is 9.38. The maximum Gasteiger partial charge on any atom is 0.278 e. The van der Waals surface area contributed by atoms with E-state index in [1.807, 2.05) is 6.07 Å². The van der Waals surface area contributed by atoms with Gasteiger partial charge in [-0.25, -0.2) is 0 Å². The molecule has 1 aliphatic carbocycles. The van der Waals surface area contributed by atoms with E-state index in [2.05, 4.69) is 9.44 Å². The molecule has 0 spiro atoms. The first-order valence-corrected chi connectivity index (χ1v) is 6.23. The van der Waals surface area contributed by atoms with Gasteiger partial charge in [-0.05, 0) is 18.8 Å². The average molecular weight is 233 g/mol. The molecule has 0 bridgehead atoms. The SMILES string of the molecule is COCCNS(=O)(=O)NC(C#N)C1CC1. The Bertz CT molecular complexity index is 332. The molecule has 1 fully saturated rings. The maximum absolute atomic E-state index is 11.4. The second-order valence-corrected chi connectivity index (χ2v) is 4.98. The number of nitrogens with zero attached hydrogens (tertiary/aromatic N) is 1. The van der Waals surface area contributed by atoms with E-state index in [-0.39, 0.29) is 12.5 Å². The molecule has 0 aromatic carbocycles. The molecule has 6 nitrogen and oxygen atoms in total. The number of methoxy groups -OCH3 is 1. The number of nitrogens with one attached hydrogen (secondary N) is 2. The zero-order valence-electron chi connectivity index (χ0n) is 8.56. The van der Waals surface area contributed by atoms with Gasteiger partial charge in [0.05, 0.1) is 12.7 Å². The molecule has 0 aliphatic heterocycles. The normalized spacial score (nSPS) is 18.4. The lowest BCUT2D eigenvalue weighted by Gasteiger charge is -2.11. The molecule has 7 heteroatoms. The summed E-state index contributed by atoms with van der Waals surface area (Å²) in [5.74, 6) is 0.175. The second-order valence-electron chi connectivity index (χ2n) is 3.45. The Kier molecular flexibility index (Phi) is 4.47. The molecule has 1 aliphatic rings. The summed E-state index contributed by atoms with van der Waals surface area (Å²) in [7, 11) is -2.08. The minimum atomic E-state index is -3.57. The van der Waals surface area contributed by atoms with E-state index < -0.39 is 16.3 Å². The van der Waals surface area contributed by atoms with Crippen molar-refractivity contribution in [1.82, 2.24) is 9.44 Å². The Morgan fingerprint density at radius 1 is 1.60 bits per heavy atom. The average Bonchev–Trinajstić information content (AvgIpc) is 2.98. The Labute approximate surface area is 89.8 Å². The van der Waals surface area contributed by atoms with Gasteiger partial charge in [0.25, 0.3) is 10.2 Å². The van der Waals surface area contributed by atoms with E-state index in [1.54, 1.807) is 0 Å². The fourth-order valence-corrected chi connectivity index (χ4v) is 2.16. The lowest BCUT2D eigenvalue weighted by atomic mass is 10.2. The van der Waals surface area contributed by atoms with Crippen molar-refractivity contribution < 1.29 is 13.2 Å². The van der Waals surface area contributed by atoms with Crippen molar-refractivity contribution in [1.29, 1.82) is 5.26 Å². The Morgan fingerprint density at radius 3 is 2.73 bits per heavy atom. The van der Waals surface area contributed by atoms with Crippen LogP contribution in [-0.2, 0) is 14.9 Å². The third-order valence-electron chi connectivity index (χ3n) is 2.11. The van der Waals surface area contributed by atoms with Gasteiger partial charge in [-0.15, -0.1) is 0 Å². The van der Waals surface area contributed by atoms with Gasteiger partial charge in [0.15, 0.2) is 0 Å². The van der Waals surface area contributed by atoms with Gasteiger partial charge >= 0.3 is 0 Å². The van der Waals surface area contributed by atoms with Crippen molar-refractivity contribution in [3.63, 3.8) is 0 Å². The first-order valence-electron chi connectivity index (χ1n) is 4.74. The molecule has 0 heterocycles. The number of ether oxygens (including phenoxy) is 1. The van der Waals surface area contributed by atoms with Crippen molar-refractivity contribution in [2.75, 3.05) is 20.3 Å². The quantitative estimate of drug-likeness (QED) is 0.572. The number of nitriles is 1. The fraction of sp³-hybridized carbons (Fsp3) is 0.875. The van der Waals surface area contributed by atoms with Crippen LogP contribution in [0.5, 0.6) is 0 Å². The third kappa shape index (κ3) is 4.57. The second kappa shape index (κ2) is 5.42. The minimum Gasteiger partial charge on any atom is -0.383 e.